The number of benzene rings is 2. The minimum Gasteiger partial charge on any atom is -0.356 e. The fourth-order valence-corrected chi connectivity index (χ4v) is 3.95. The number of hydrogen-bond donors (Lipinski definition) is 0. The van der Waals surface area contributed by atoms with Crippen molar-refractivity contribution in [2.75, 3.05) is 6.54 Å². The molecule has 0 amide bonds. The van der Waals surface area contributed by atoms with Crippen LogP contribution in [-0.4, -0.2) is 26.6 Å². The lowest BCUT2D eigenvalue weighted by Crippen LogP contribution is -2.31. The average Bonchev–Trinajstić information content (AvgIpc) is 3.27. The SMILES string of the molecule is FC(F)(F)c1ccc(-c2ncc3c(n2)CCN(Cc2cc(-c4ccc(Cl)cc4)on2)C3)cc1. The Labute approximate surface area is 192 Å². The standard InChI is InChI=1S/C24H18ClF3N4O/c25-19-7-3-15(4-8-19)22-11-20(31-33-22)14-32-10-9-21-17(13-32)12-29-23(30-21)16-1-5-18(6-2-16)24(26,27)28/h1-8,11-12H,9-10,13-14H2. The van der Waals surface area contributed by atoms with E-state index in [1.807, 2.05) is 18.2 Å². The minimum absolute atomic E-state index is 0.431. The lowest BCUT2D eigenvalue weighted by molar-refractivity contribution is -0.137. The summed E-state index contributed by atoms with van der Waals surface area (Å²) < 4.78 is 43.9. The highest BCUT2D eigenvalue weighted by atomic mass is 35.5. The Morgan fingerprint density at radius 2 is 1.73 bits per heavy atom. The van der Waals surface area contributed by atoms with Crippen molar-refractivity contribution in [2.24, 2.45) is 0 Å². The first-order valence-electron chi connectivity index (χ1n) is 10.3. The Hall–Kier alpha value is -3.23. The molecule has 0 saturated carbocycles. The topological polar surface area (TPSA) is 55.1 Å². The second kappa shape index (κ2) is 8.61. The Balaban J connectivity index is 1.27. The van der Waals surface area contributed by atoms with Crippen LogP contribution in [0.25, 0.3) is 22.7 Å². The monoisotopic (exact) mass is 470 g/mol. The van der Waals surface area contributed by atoms with Gasteiger partial charge in [-0.1, -0.05) is 28.9 Å². The molecule has 0 unspecified atom stereocenters. The number of fused-ring (bicyclic) bond motifs is 1. The smallest absolute Gasteiger partial charge is 0.356 e. The van der Waals surface area contributed by atoms with Gasteiger partial charge in [0.2, 0.25) is 0 Å². The molecule has 4 aromatic rings. The Kier molecular flexibility index (Phi) is 5.64. The lowest BCUT2D eigenvalue weighted by atomic mass is 10.1. The highest BCUT2D eigenvalue weighted by Crippen LogP contribution is 2.31. The van der Waals surface area contributed by atoms with E-state index in [9.17, 15) is 13.2 Å². The molecule has 0 saturated heterocycles. The number of alkyl halides is 3. The molecule has 0 atom stereocenters. The zero-order chi connectivity index (χ0) is 23.0. The second-order valence-electron chi connectivity index (χ2n) is 7.89. The molecule has 2 aromatic heterocycles. The van der Waals surface area contributed by atoms with Gasteiger partial charge in [0.15, 0.2) is 11.6 Å². The molecule has 168 valence electrons. The molecule has 0 spiro atoms. The molecule has 0 radical (unpaired) electrons. The van der Waals surface area contributed by atoms with E-state index in [0.29, 0.717) is 41.7 Å². The zero-order valence-corrected chi connectivity index (χ0v) is 18.1. The molecule has 1 aliphatic rings. The fourth-order valence-electron chi connectivity index (χ4n) is 3.82. The molecule has 1 aliphatic heterocycles. The maximum atomic E-state index is 12.8. The maximum absolute atomic E-state index is 12.8. The van der Waals surface area contributed by atoms with Crippen molar-refractivity contribution in [2.45, 2.75) is 25.7 Å². The van der Waals surface area contributed by atoms with Crippen LogP contribution < -0.4 is 0 Å². The third-order valence-electron chi connectivity index (χ3n) is 5.56. The summed E-state index contributed by atoms with van der Waals surface area (Å²) in [6.07, 6.45) is -1.89. The van der Waals surface area contributed by atoms with Crippen molar-refractivity contribution in [3.63, 3.8) is 0 Å². The molecule has 9 heteroatoms. The molecular formula is C24H18ClF3N4O. The summed E-state index contributed by atoms with van der Waals surface area (Å²) in [7, 11) is 0. The van der Waals surface area contributed by atoms with E-state index in [1.54, 1.807) is 18.3 Å². The molecule has 2 aromatic carbocycles. The van der Waals surface area contributed by atoms with E-state index in [2.05, 4.69) is 20.0 Å². The average molecular weight is 471 g/mol. The van der Waals surface area contributed by atoms with Crippen LogP contribution in [0.4, 0.5) is 13.2 Å². The van der Waals surface area contributed by atoms with Crippen molar-refractivity contribution >= 4 is 11.6 Å². The molecule has 5 rings (SSSR count). The first kappa shape index (κ1) is 21.6. The summed E-state index contributed by atoms with van der Waals surface area (Å²) in [6.45, 7) is 2.06. The number of halogens is 4. The van der Waals surface area contributed by atoms with E-state index >= 15 is 0 Å². The van der Waals surface area contributed by atoms with E-state index in [1.165, 1.54) is 12.1 Å². The summed E-state index contributed by atoms with van der Waals surface area (Å²) in [6, 6.07) is 14.2. The van der Waals surface area contributed by atoms with Crippen LogP contribution in [0.3, 0.4) is 0 Å². The molecule has 0 aliphatic carbocycles. The van der Waals surface area contributed by atoms with Gasteiger partial charge >= 0.3 is 6.18 Å². The van der Waals surface area contributed by atoms with Crippen LogP contribution in [0.1, 0.15) is 22.5 Å². The number of rotatable bonds is 4. The van der Waals surface area contributed by atoms with Gasteiger partial charge in [-0.2, -0.15) is 13.2 Å². The van der Waals surface area contributed by atoms with Gasteiger partial charge in [-0.15, -0.1) is 0 Å². The summed E-state index contributed by atoms with van der Waals surface area (Å²) in [5.74, 6) is 1.11. The van der Waals surface area contributed by atoms with E-state index in [0.717, 1.165) is 41.2 Å². The molecule has 5 nitrogen and oxygen atoms in total. The second-order valence-corrected chi connectivity index (χ2v) is 8.33. The third kappa shape index (κ3) is 4.77. The van der Waals surface area contributed by atoms with Crippen molar-refractivity contribution < 1.29 is 17.7 Å². The van der Waals surface area contributed by atoms with Gasteiger partial charge in [-0.05, 0) is 36.4 Å². The highest BCUT2D eigenvalue weighted by Gasteiger charge is 2.30. The van der Waals surface area contributed by atoms with Crippen LogP contribution in [0.5, 0.6) is 0 Å². The lowest BCUT2D eigenvalue weighted by Gasteiger charge is -2.27. The normalized spacial score (nSPS) is 14.3. The van der Waals surface area contributed by atoms with Gasteiger partial charge in [0, 0.05) is 60.0 Å². The number of aromatic nitrogens is 3. The van der Waals surface area contributed by atoms with Crippen LogP contribution in [0, 0.1) is 0 Å². The van der Waals surface area contributed by atoms with E-state index < -0.39 is 11.7 Å². The van der Waals surface area contributed by atoms with Gasteiger partial charge in [0.05, 0.1) is 17.0 Å². The largest absolute Gasteiger partial charge is 0.416 e. The maximum Gasteiger partial charge on any atom is 0.416 e. The summed E-state index contributed by atoms with van der Waals surface area (Å²) in [5, 5.41) is 4.84. The molecule has 33 heavy (non-hydrogen) atoms. The summed E-state index contributed by atoms with van der Waals surface area (Å²) in [4.78, 5) is 11.2. The van der Waals surface area contributed by atoms with Crippen LogP contribution in [-0.2, 0) is 25.7 Å². The molecule has 0 fully saturated rings. The predicted octanol–water partition coefficient (Wildman–Crippen LogP) is 6.03. The Bertz CT molecular complexity index is 1270. The molecule has 0 bridgehead atoms. The number of nitrogens with zero attached hydrogens (tertiary/aromatic N) is 4. The minimum atomic E-state index is -4.36. The third-order valence-corrected chi connectivity index (χ3v) is 5.81. The number of hydrogen-bond acceptors (Lipinski definition) is 5. The van der Waals surface area contributed by atoms with Gasteiger partial charge in [-0.25, -0.2) is 9.97 Å². The van der Waals surface area contributed by atoms with Gasteiger partial charge in [0.1, 0.15) is 0 Å². The molecular weight excluding hydrogens is 453 g/mol. The van der Waals surface area contributed by atoms with Gasteiger partial charge in [0.25, 0.3) is 0 Å². The van der Waals surface area contributed by atoms with Crippen molar-refractivity contribution in [3.8, 4) is 22.7 Å². The quantitative estimate of drug-likeness (QED) is 0.364. The predicted molar refractivity (Wildman–Crippen MR) is 117 cm³/mol. The first-order chi connectivity index (χ1) is 15.8. The van der Waals surface area contributed by atoms with Crippen LogP contribution in [0.15, 0.2) is 65.3 Å². The zero-order valence-electron chi connectivity index (χ0n) is 17.3. The van der Waals surface area contributed by atoms with Crippen molar-refractivity contribution in [1.29, 1.82) is 0 Å². The summed E-state index contributed by atoms with van der Waals surface area (Å²) in [5.41, 5.74) is 3.52. The Morgan fingerprint density at radius 1 is 1.00 bits per heavy atom. The van der Waals surface area contributed by atoms with Crippen molar-refractivity contribution in [3.05, 3.63) is 88.3 Å². The molecule has 3 heterocycles. The van der Waals surface area contributed by atoms with E-state index in [-0.39, 0.29) is 0 Å². The van der Waals surface area contributed by atoms with Crippen LogP contribution in [0.2, 0.25) is 5.02 Å². The van der Waals surface area contributed by atoms with Crippen molar-refractivity contribution in [1.82, 2.24) is 20.0 Å². The summed E-state index contributed by atoms with van der Waals surface area (Å²) >= 11 is 5.94. The van der Waals surface area contributed by atoms with Gasteiger partial charge < -0.3 is 4.52 Å². The highest BCUT2D eigenvalue weighted by molar-refractivity contribution is 6.30. The van der Waals surface area contributed by atoms with E-state index in [4.69, 9.17) is 16.1 Å². The van der Waals surface area contributed by atoms with Gasteiger partial charge in [-0.3, -0.25) is 4.90 Å². The Morgan fingerprint density at radius 3 is 2.45 bits per heavy atom. The van der Waals surface area contributed by atoms with Crippen LogP contribution >= 0.6 is 11.6 Å². The molecule has 0 N–H and O–H groups in total. The first-order valence-corrected chi connectivity index (χ1v) is 10.7. The fraction of sp³-hybridized carbons (Fsp3) is 0.208.